The van der Waals surface area contributed by atoms with Gasteiger partial charge in [-0.05, 0) is 27.7 Å². The van der Waals surface area contributed by atoms with Gasteiger partial charge < -0.3 is 10.6 Å². The molecular weight excluding hydrogens is 278 g/mol. The number of nitrogens with two attached hydrogens (primary N) is 1. The fourth-order valence-corrected chi connectivity index (χ4v) is 2.63. The third-order valence-corrected chi connectivity index (χ3v) is 6.39. The molecule has 1 heterocycles. The first-order chi connectivity index (χ1) is 8.93. The van der Waals surface area contributed by atoms with Gasteiger partial charge in [0.1, 0.15) is 4.75 Å². The van der Waals surface area contributed by atoms with Gasteiger partial charge in [-0.1, -0.05) is 0 Å². The molecule has 0 spiro atoms. The van der Waals surface area contributed by atoms with Gasteiger partial charge in [0.15, 0.2) is 9.84 Å². The number of piperazine rings is 1. The molecule has 0 aromatic heterocycles. The molecule has 0 aliphatic carbocycles. The molecule has 0 radical (unpaired) electrons. The van der Waals surface area contributed by atoms with Crippen LogP contribution in [0.2, 0.25) is 0 Å². The van der Waals surface area contributed by atoms with E-state index in [-0.39, 0.29) is 11.4 Å². The fourth-order valence-electron chi connectivity index (χ4n) is 2.18. The summed E-state index contributed by atoms with van der Waals surface area (Å²) < 4.78 is 22.1. The molecule has 0 unspecified atom stereocenters. The Bertz CT molecular complexity index is 463. The number of amides is 1. The van der Waals surface area contributed by atoms with E-state index in [1.165, 1.54) is 13.8 Å². The minimum absolute atomic E-state index is 0.0957. The molecule has 6 nitrogen and oxygen atoms in total. The van der Waals surface area contributed by atoms with Crippen LogP contribution in [0.5, 0.6) is 0 Å². The molecule has 0 aromatic rings. The Kier molecular flexibility index (Phi) is 4.88. The SMILES string of the molecule is CC(C)(CN)N1CCN(C(=O)C(C)(C)S(C)(=O)=O)CC1. The van der Waals surface area contributed by atoms with Crippen LogP contribution in [0.4, 0.5) is 0 Å². The molecule has 1 fully saturated rings. The first-order valence-electron chi connectivity index (χ1n) is 6.87. The van der Waals surface area contributed by atoms with Crippen LogP contribution in [0, 0.1) is 0 Å². The highest BCUT2D eigenvalue weighted by molar-refractivity contribution is 7.92. The molecule has 20 heavy (non-hydrogen) atoms. The summed E-state index contributed by atoms with van der Waals surface area (Å²) in [4.78, 5) is 16.3. The van der Waals surface area contributed by atoms with Crippen LogP contribution in [0.15, 0.2) is 0 Å². The molecule has 118 valence electrons. The third kappa shape index (κ3) is 3.32. The highest BCUT2D eigenvalue weighted by atomic mass is 32.2. The molecule has 1 aliphatic heterocycles. The van der Waals surface area contributed by atoms with Crippen molar-refractivity contribution in [2.45, 2.75) is 38.0 Å². The van der Waals surface area contributed by atoms with Crippen LogP contribution in [0.1, 0.15) is 27.7 Å². The number of sulfone groups is 1. The fraction of sp³-hybridized carbons (Fsp3) is 0.923. The van der Waals surface area contributed by atoms with Gasteiger partial charge in [-0.15, -0.1) is 0 Å². The summed E-state index contributed by atoms with van der Waals surface area (Å²) in [6.07, 6.45) is 1.11. The topological polar surface area (TPSA) is 83.7 Å². The van der Waals surface area contributed by atoms with Gasteiger partial charge in [0, 0.05) is 44.5 Å². The summed E-state index contributed by atoms with van der Waals surface area (Å²) in [5, 5.41) is 0. The third-order valence-electron chi connectivity index (χ3n) is 4.36. The van der Waals surface area contributed by atoms with Crippen molar-refractivity contribution in [3.05, 3.63) is 0 Å². The normalized spacial score (nSPS) is 19.2. The van der Waals surface area contributed by atoms with E-state index in [9.17, 15) is 13.2 Å². The van der Waals surface area contributed by atoms with Crippen molar-refractivity contribution in [3.8, 4) is 0 Å². The molecular formula is C13H27N3O3S. The minimum Gasteiger partial charge on any atom is -0.339 e. The highest BCUT2D eigenvalue weighted by Gasteiger charge is 2.42. The monoisotopic (exact) mass is 305 g/mol. The quantitative estimate of drug-likeness (QED) is 0.770. The van der Waals surface area contributed by atoms with Crippen LogP contribution in [0.25, 0.3) is 0 Å². The maximum absolute atomic E-state index is 12.4. The Morgan fingerprint density at radius 1 is 1.10 bits per heavy atom. The molecule has 0 saturated carbocycles. The molecule has 1 saturated heterocycles. The average Bonchev–Trinajstić information content (AvgIpc) is 2.36. The van der Waals surface area contributed by atoms with E-state index in [2.05, 4.69) is 18.7 Å². The molecule has 0 bridgehead atoms. The van der Waals surface area contributed by atoms with Crippen molar-refractivity contribution in [2.75, 3.05) is 39.0 Å². The van der Waals surface area contributed by atoms with Gasteiger partial charge in [-0.2, -0.15) is 0 Å². The number of carbonyl (C=O) groups excluding carboxylic acids is 1. The van der Waals surface area contributed by atoms with E-state index in [1.807, 2.05) is 0 Å². The largest absolute Gasteiger partial charge is 0.339 e. The van der Waals surface area contributed by atoms with Crippen LogP contribution in [-0.2, 0) is 14.6 Å². The predicted octanol–water partition coefficient (Wildman–Crippen LogP) is -0.309. The smallest absolute Gasteiger partial charge is 0.243 e. The Morgan fingerprint density at radius 3 is 1.90 bits per heavy atom. The second-order valence-corrected chi connectivity index (χ2v) is 9.14. The van der Waals surface area contributed by atoms with Crippen LogP contribution in [-0.4, -0.2) is 73.4 Å². The second-order valence-electron chi connectivity index (χ2n) is 6.58. The first kappa shape index (κ1) is 17.4. The Balaban J connectivity index is 2.74. The summed E-state index contributed by atoms with van der Waals surface area (Å²) in [7, 11) is -3.42. The summed E-state index contributed by atoms with van der Waals surface area (Å²) in [5.41, 5.74) is 5.66. The number of rotatable bonds is 4. The Morgan fingerprint density at radius 2 is 1.55 bits per heavy atom. The van der Waals surface area contributed by atoms with Crippen LogP contribution < -0.4 is 5.73 Å². The van der Waals surface area contributed by atoms with E-state index in [1.54, 1.807) is 4.90 Å². The van der Waals surface area contributed by atoms with Crippen LogP contribution >= 0.6 is 0 Å². The van der Waals surface area contributed by atoms with Crippen LogP contribution in [0.3, 0.4) is 0 Å². The number of carbonyl (C=O) groups is 1. The van der Waals surface area contributed by atoms with E-state index in [0.717, 1.165) is 19.3 Å². The van der Waals surface area contributed by atoms with Gasteiger partial charge in [0.2, 0.25) is 5.91 Å². The van der Waals surface area contributed by atoms with E-state index in [4.69, 9.17) is 5.73 Å². The van der Waals surface area contributed by atoms with Crippen molar-refractivity contribution in [1.29, 1.82) is 0 Å². The zero-order chi connectivity index (χ0) is 15.8. The van der Waals surface area contributed by atoms with Crippen molar-refractivity contribution in [1.82, 2.24) is 9.80 Å². The van der Waals surface area contributed by atoms with Gasteiger partial charge in [0.05, 0.1) is 0 Å². The zero-order valence-corrected chi connectivity index (χ0v) is 14.0. The zero-order valence-electron chi connectivity index (χ0n) is 13.1. The predicted molar refractivity (Wildman–Crippen MR) is 80.2 cm³/mol. The summed E-state index contributed by atoms with van der Waals surface area (Å²) in [5.74, 6) is -0.315. The number of hydrogen-bond donors (Lipinski definition) is 1. The Hall–Kier alpha value is -0.660. The second kappa shape index (κ2) is 5.61. The number of nitrogens with zero attached hydrogens (tertiary/aromatic N) is 2. The van der Waals surface area contributed by atoms with Gasteiger partial charge >= 0.3 is 0 Å². The van der Waals surface area contributed by atoms with E-state index in [0.29, 0.717) is 19.6 Å². The maximum atomic E-state index is 12.4. The summed E-state index contributed by atoms with van der Waals surface area (Å²) in [6.45, 7) is 10.2. The maximum Gasteiger partial charge on any atom is 0.243 e. The molecule has 0 aromatic carbocycles. The van der Waals surface area contributed by atoms with Gasteiger partial charge in [-0.3, -0.25) is 9.69 Å². The summed E-state index contributed by atoms with van der Waals surface area (Å²) >= 11 is 0. The minimum atomic E-state index is -3.42. The number of hydrogen-bond acceptors (Lipinski definition) is 5. The molecule has 1 aliphatic rings. The lowest BCUT2D eigenvalue weighted by Gasteiger charge is -2.44. The first-order valence-corrected chi connectivity index (χ1v) is 8.77. The van der Waals surface area contributed by atoms with Crippen molar-refractivity contribution < 1.29 is 13.2 Å². The van der Waals surface area contributed by atoms with Crippen molar-refractivity contribution in [3.63, 3.8) is 0 Å². The highest BCUT2D eigenvalue weighted by Crippen LogP contribution is 2.21. The lowest BCUT2D eigenvalue weighted by Crippen LogP contribution is -2.61. The molecule has 1 rings (SSSR count). The Labute approximate surface area is 122 Å². The van der Waals surface area contributed by atoms with E-state index < -0.39 is 14.6 Å². The summed E-state index contributed by atoms with van der Waals surface area (Å²) in [6, 6.07) is 0. The lowest BCUT2D eigenvalue weighted by molar-refractivity contribution is -0.135. The van der Waals surface area contributed by atoms with E-state index >= 15 is 0 Å². The standard InChI is InChI=1S/C13H27N3O3S/c1-12(2,10-14)16-8-6-15(7-9-16)11(17)13(3,4)20(5,18)19/h6-10,14H2,1-5H3. The molecule has 7 heteroatoms. The van der Waals surface area contributed by atoms with Crippen molar-refractivity contribution >= 4 is 15.7 Å². The molecule has 0 atom stereocenters. The van der Waals surface area contributed by atoms with Gasteiger partial charge in [0.25, 0.3) is 0 Å². The van der Waals surface area contributed by atoms with Crippen molar-refractivity contribution in [2.24, 2.45) is 5.73 Å². The molecule has 1 amide bonds. The lowest BCUT2D eigenvalue weighted by atomic mass is 10.0. The van der Waals surface area contributed by atoms with Gasteiger partial charge in [-0.25, -0.2) is 8.42 Å². The average molecular weight is 305 g/mol. The molecule has 2 N–H and O–H groups in total.